The van der Waals surface area contributed by atoms with Gasteiger partial charge in [-0.05, 0) is 72.4 Å². The fourth-order valence-electron chi connectivity index (χ4n) is 6.49. The molecular formula is C33H53NO9. The van der Waals surface area contributed by atoms with Gasteiger partial charge in [0, 0.05) is 29.7 Å². The van der Waals surface area contributed by atoms with Gasteiger partial charge in [-0.3, -0.25) is 14.4 Å². The second kappa shape index (κ2) is 14.9. The minimum Gasteiger partial charge on any atom is -0.462 e. The molecule has 3 aliphatic rings. The van der Waals surface area contributed by atoms with Crippen LogP contribution in [0.2, 0.25) is 0 Å². The minimum atomic E-state index is -1.16. The maximum Gasteiger partial charge on any atom is 0.308 e. The lowest BCUT2D eigenvalue weighted by molar-refractivity contribution is -0.281. The Bertz CT molecular complexity index is 1040. The first-order valence-electron chi connectivity index (χ1n) is 15.7. The zero-order valence-electron chi connectivity index (χ0n) is 27.3. The number of hydrogen-bond acceptors (Lipinski definition) is 10. The van der Waals surface area contributed by atoms with Crippen molar-refractivity contribution in [1.29, 1.82) is 0 Å². The molecule has 10 nitrogen and oxygen atoms in total. The van der Waals surface area contributed by atoms with Gasteiger partial charge in [0.15, 0.2) is 17.9 Å². The maximum atomic E-state index is 13.3. The van der Waals surface area contributed by atoms with Gasteiger partial charge in [0.25, 0.3) is 0 Å². The highest BCUT2D eigenvalue weighted by molar-refractivity contribution is 5.91. The van der Waals surface area contributed by atoms with Gasteiger partial charge in [0.1, 0.15) is 17.8 Å². The van der Waals surface area contributed by atoms with Crippen LogP contribution in [-0.4, -0.2) is 101 Å². The topological polar surface area (TPSA) is 135 Å². The third kappa shape index (κ3) is 9.05. The summed E-state index contributed by atoms with van der Waals surface area (Å²) >= 11 is 0. The number of epoxide rings is 1. The van der Waals surface area contributed by atoms with E-state index >= 15 is 0 Å². The summed E-state index contributed by atoms with van der Waals surface area (Å²) in [6.07, 6.45) is 2.83. The van der Waals surface area contributed by atoms with Crippen LogP contribution >= 0.6 is 0 Å². The smallest absolute Gasteiger partial charge is 0.308 e. The van der Waals surface area contributed by atoms with Gasteiger partial charge in [0.05, 0.1) is 30.8 Å². The summed E-state index contributed by atoms with van der Waals surface area (Å²) in [6, 6.07) is -0.227. The van der Waals surface area contributed by atoms with E-state index in [0.29, 0.717) is 19.3 Å². The van der Waals surface area contributed by atoms with Crippen LogP contribution < -0.4 is 0 Å². The molecular weight excluding hydrogens is 554 g/mol. The molecule has 0 saturated carbocycles. The molecule has 3 rings (SSSR count). The average molecular weight is 608 g/mol. The molecule has 10 heteroatoms. The number of aliphatic hydroxyl groups is 2. The third-order valence-electron chi connectivity index (χ3n) is 9.40. The standard InChI is InChI=1S/C33H53NO9/c1-10-27-22(6)31-33(7,43-31)14-13-25(36)18(2)15-23(12-11-19(3)35)30(21(5)26(37)17-28(38)41-27)42-32-29(39)24(34(8)9)16-20(4)40-32/h11-14,18,20-24,26-27,29-32,37,39H,10,15-17H2,1-9H3/b12-11+,14-13-/t18-,20+,21+,22-,23+,24+,26-,27-,29+,30-,31+,32+,33+/m1/s1. The van der Waals surface area contributed by atoms with Crippen molar-refractivity contribution in [3.05, 3.63) is 24.3 Å². The van der Waals surface area contributed by atoms with E-state index in [0.717, 1.165) is 0 Å². The van der Waals surface area contributed by atoms with Gasteiger partial charge in [-0.2, -0.15) is 0 Å². The molecule has 0 unspecified atom stereocenters. The highest BCUT2D eigenvalue weighted by atomic mass is 16.7. The van der Waals surface area contributed by atoms with Crippen LogP contribution in [0.5, 0.6) is 0 Å². The van der Waals surface area contributed by atoms with Crippen LogP contribution in [0, 0.1) is 23.7 Å². The average Bonchev–Trinajstić information content (AvgIpc) is 3.62. The number of allylic oxidation sites excluding steroid dienone is 2. The number of likely N-dealkylation sites (N-methyl/N-ethyl adjacent to an activating group) is 1. The number of aliphatic hydroxyl groups excluding tert-OH is 2. The predicted octanol–water partition coefficient (Wildman–Crippen LogP) is 3.23. The van der Waals surface area contributed by atoms with Crippen molar-refractivity contribution in [2.45, 2.75) is 129 Å². The van der Waals surface area contributed by atoms with Crippen molar-refractivity contribution in [3.63, 3.8) is 0 Å². The lowest BCUT2D eigenvalue weighted by Gasteiger charge is -2.44. The molecule has 0 spiro atoms. The highest BCUT2D eigenvalue weighted by Gasteiger charge is 2.55. The van der Waals surface area contributed by atoms with E-state index in [2.05, 4.69) is 0 Å². The second-order valence-corrected chi connectivity index (χ2v) is 13.3. The zero-order chi connectivity index (χ0) is 32.2. The number of carbonyl (C=O) groups excluding carboxylic acids is 3. The number of ether oxygens (including phenoxy) is 4. The van der Waals surface area contributed by atoms with Crippen molar-refractivity contribution < 1.29 is 43.5 Å². The molecule has 2 fully saturated rings. The van der Waals surface area contributed by atoms with E-state index in [1.165, 1.54) is 13.0 Å². The van der Waals surface area contributed by atoms with Gasteiger partial charge in [-0.25, -0.2) is 0 Å². The van der Waals surface area contributed by atoms with Gasteiger partial charge < -0.3 is 34.1 Å². The molecule has 2 N–H and O–H groups in total. The van der Waals surface area contributed by atoms with Crippen LogP contribution in [0.4, 0.5) is 0 Å². The Morgan fingerprint density at radius 3 is 2.42 bits per heavy atom. The summed E-state index contributed by atoms with van der Waals surface area (Å²) in [5.74, 6) is -2.57. The largest absolute Gasteiger partial charge is 0.462 e. The van der Waals surface area contributed by atoms with Crippen molar-refractivity contribution in [1.82, 2.24) is 4.90 Å². The zero-order valence-corrected chi connectivity index (χ0v) is 27.3. The third-order valence-corrected chi connectivity index (χ3v) is 9.40. The molecule has 244 valence electrons. The summed E-state index contributed by atoms with van der Waals surface area (Å²) in [4.78, 5) is 40.4. The number of nitrogens with zero attached hydrogens (tertiary/aromatic N) is 1. The van der Waals surface area contributed by atoms with Gasteiger partial charge in [-0.1, -0.05) is 33.8 Å². The van der Waals surface area contributed by atoms with Crippen molar-refractivity contribution in [2.24, 2.45) is 23.7 Å². The molecule has 0 aromatic rings. The number of esters is 1. The van der Waals surface area contributed by atoms with E-state index in [9.17, 15) is 24.6 Å². The Kier molecular flexibility index (Phi) is 12.3. The molecule has 0 aromatic heterocycles. The van der Waals surface area contributed by atoms with Crippen molar-refractivity contribution in [2.75, 3.05) is 14.1 Å². The Balaban J connectivity index is 2.01. The summed E-state index contributed by atoms with van der Waals surface area (Å²) in [5, 5.41) is 22.6. The first-order chi connectivity index (χ1) is 20.1. The fourth-order valence-corrected chi connectivity index (χ4v) is 6.49. The van der Waals surface area contributed by atoms with Crippen LogP contribution in [0.15, 0.2) is 24.3 Å². The number of cyclic esters (lactones) is 1. The van der Waals surface area contributed by atoms with Crippen LogP contribution in [0.25, 0.3) is 0 Å². The highest BCUT2D eigenvalue weighted by Crippen LogP contribution is 2.45. The lowest BCUT2D eigenvalue weighted by Crippen LogP contribution is -2.56. The van der Waals surface area contributed by atoms with Crippen molar-refractivity contribution >= 4 is 17.5 Å². The van der Waals surface area contributed by atoms with Gasteiger partial charge >= 0.3 is 5.97 Å². The van der Waals surface area contributed by atoms with Crippen LogP contribution in [0.3, 0.4) is 0 Å². The summed E-state index contributed by atoms with van der Waals surface area (Å²) in [6.45, 7) is 12.7. The molecule has 3 heterocycles. The molecule has 3 aliphatic heterocycles. The number of rotatable bonds is 6. The first-order valence-corrected chi connectivity index (χ1v) is 15.7. The second-order valence-electron chi connectivity index (χ2n) is 13.3. The lowest BCUT2D eigenvalue weighted by atomic mass is 9.80. The molecule has 2 saturated heterocycles. The van der Waals surface area contributed by atoms with E-state index in [1.54, 1.807) is 25.2 Å². The Morgan fingerprint density at radius 2 is 1.81 bits per heavy atom. The van der Waals surface area contributed by atoms with Crippen LogP contribution in [0.1, 0.15) is 74.1 Å². The Morgan fingerprint density at radius 1 is 1.14 bits per heavy atom. The molecule has 0 amide bonds. The molecule has 43 heavy (non-hydrogen) atoms. The van der Waals surface area contributed by atoms with E-state index in [1.807, 2.05) is 53.6 Å². The van der Waals surface area contributed by atoms with E-state index in [4.69, 9.17) is 18.9 Å². The Labute approximate surface area is 256 Å². The monoisotopic (exact) mass is 607 g/mol. The number of carbonyl (C=O) groups is 3. The summed E-state index contributed by atoms with van der Waals surface area (Å²) < 4.78 is 24.4. The molecule has 13 atom stereocenters. The summed E-state index contributed by atoms with van der Waals surface area (Å²) in [7, 11) is 3.76. The van der Waals surface area contributed by atoms with Crippen LogP contribution in [-0.2, 0) is 33.3 Å². The molecule has 0 bridgehead atoms. The van der Waals surface area contributed by atoms with E-state index < -0.39 is 60.0 Å². The SMILES string of the molecule is CC[C@H]1OC(=O)C[C@@H](O)[C@H](C)[C@@H](O[C@@H]2O[C@@H](C)C[C@H](N(C)C)[C@@H]2O)[C@@H](/C=C/C(C)=O)C[C@@H](C)C(=O)/C=C\[C@]2(C)O[C@H]2[C@@H]1C. The molecule has 0 radical (unpaired) electrons. The van der Waals surface area contributed by atoms with E-state index in [-0.39, 0.29) is 42.2 Å². The van der Waals surface area contributed by atoms with Gasteiger partial charge in [0.2, 0.25) is 0 Å². The minimum absolute atomic E-state index is 0.0999. The Hall–Kier alpha value is -1.95. The first kappa shape index (κ1) is 35.5. The molecule has 0 aromatic carbocycles. The fraction of sp³-hybridized carbons (Fsp3) is 0.788. The number of ketones is 2. The van der Waals surface area contributed by atoms with Crippen molar-refractivity contribution in [3.8, 4) is 0 Å². The quantitative estimate of drug-likeness (QED) is 0.263. The normalized spacial score (nSPS) is 44.2. The number of hydrogen-bond donors (Lipinski definition) is 2. The molecule has 0 aliphatic carbocycles. The number of fused-ring (bicyclic) bond motifs is 1. The summed E-state index contributed by atoms with van der Waals surface area (Å²) in [5.41, 5.74) is -0.645. The maximum absolute atomic E-state index is 13.3. The predicted molar refractivity (Wildman–Crippen MR) is 161 cm³/mol. The van der Waals surface area contributed by atoms with Gasteiger partial charge in [-0.15, -0.1) is 0 Å².